The number of imidazole rings is 2. The third-order valence-corrected chi connectivity index (χ3v) is 12.7. The Labute approximate surface area is 354 Å². The van der Waals surface area contributed by atoms with Gasteiger partial charge in [0.2, 0.25) is 11.8 Å². The summed E-state index contributed by atoms with van der Waals surface area (Å²) in [7, 11) is 5.52. The zero-order valence-electron chi connectivity index (χ0n) is 34.1. The molecule has 2 aliphatic rings. The zero-order valence-corrected chi connectivity index (χ0v) is 34.9. The summed E-state index contributed by atoms with van der Waals surface area (Å²) in [6, 6.07) is 35.5. The van der Waals surface area contributed by atoms with E-state index in [1.54, 1.807) is 29.9 Å². The molecule has 0 bridgehead atoms. The minimum absolute atomic E-state index is 0.0670. The normalized spacial score (nSPS) is 18.2. The average Bonchev–Trinajstić information content (AvgIpc) is 4.13. The molecule has 3 N–H and O–H groups in total. The van der Waals surface area contributed by atoms with E-state index in [0.717, 1.165) is 63.4 Å². The van der Waals surface area contributed by atoms with Crippen molar-refractivity contribution in [3.05, 3.63) is 144 Å². The first kappa shape index (κ1) is 40.6. The van der Waals surface area contributed by atoms with E-state index in [-0.39, 0.29) is 41.9 Å². The summed E-state index contributed by atoms with van der Waals surface area (Å²) >= 11 is 1.63. The first-order valence-electron chi connectivity index (χ1n) is 20.4. The Morgan fingerprint density at radius 3 is 1.95 bits per heavy atom. The fourth-order valence-electron chi connectivity index (χ4n) is 8.17. The topological polar surface area (TPSA) is 140 Å². The zero-order chi connectivity index (χ0) is 41.6. The quantitative estimate of drug-likeness (QED) is 0.106. The predicted octanol–water partition coefficient (Wildman–Crippen LogP) is 8.38. The number of hydrogen-bond donors (Lipinski definition) is 3. The van der Waals surface area contributed by atoms with Crippen molar-refractivity contribution in [2.75, 3.05) is 33.4 Å². The number of benzene rings is 4. The van der Waals surface area contributed by atoms with E-state index in [9.17, 15) is 14.4 Å². The molecule has 12 nitrogen and oxygen atoms in total. The molecule has 4 unspecified atom stereocenters. The van der Waals surface area contributed by atoms with E-state index >= 15 is 0 Å². The lowest BCUT2D eigenvalue weighted by atomic mass is 10.0. The number of likely N-dealkylation sites (N-methyl/N-ethyl adjacent to an activating group) is 1. The molecule has 13 heteroatoms. The Morgan fingerprint density at radius 2 is 1.37 bits per heavy atom. The maximum absolute atomic E-state index is 13.9. The summed E-state index contributed by atoms with van der Waals surface area (Å²) in [5.74, 6) is 2.14. The first-order valence-corrected chi connectivity index (χ1v) is 21.5. The number of H-pyrrole nitrogens is 2. The molecule has 4 heterocycles. The second-order valence-corrected chi connectivity index (χ2v) is 16.7. The summed E-state index contributed by atoms with van der Waals surface area (Å²) in [5, 5.41) is 2.45. The van der Waals surface area contributed by atoms with Crippen LogP contribution in [0, 0.1) is 0 Å². The van der Waals surface area contributed by atoms with Gasteiger partial charge in [-0.3, -0.25) is 19.4 Å². The van der Waals surface area contributed by atoms with Crippen molar-refractivity contribution in [3.63, 3.8) is 0 Å². The molecule has 2 saturated heterocycles. The number of ether oxygens (including phenoxy) is 1. The number of thioether (sulfide) groups is 1. The second kappa shape index (κ2) is 18.4. The fraction of sp³-hybridized carbons (Fsp3) is 0.298. The van der Waals surface area contributed by atoms with Crippen LogP contribution in [0.25, 0.3) is 33.6 Å². The molecular formula is C47H50N8O4S. The van der Waals surface area contributed by atoms with E-state index in [0.29, 0.717) is 31.0 Å². The third kappa shape index (κ3) is 8.87. The summed E-state index contributed by atoms with van der Waals surface area (Å²) in [5.41, 5.74) is 7.79. The van der Waals surface area contributed by atoms with Crippen molar-refractivity contribution >= 4 is 29.7 Å². The van der Waals surface area contributed by atoms with Crippen molar-refractivity contribution in [1.29, 1.82) is 0 Å². The Morgan fingerprint density at radius 1 is 0.800 bits per heavy atom. The Balaban J connectivity index is 0.927. The van der Waals surface area contributed by atoms with Crippen LogP contribution in [-0.4, -0.2) is 91.4 Å². The van der Waals surface area contributed by atoms with Gasteiger partial charge in [-0.15, -0.1) is 11.8 Å². The molecule has 6 aromatic rings. The highest BCUT2D eigenvalue weighted by atomic mass is 32.2. The lowest BCUT2D eigenvalue weighted by molar-refractivity contribution is -0.137. The van der Waals surface area contributed by atoms with Gasteiger partial charge < -0.3 is 24.9 Å². The maximum Gasteiger partial charge on any atom is 0.411 e. The van der Waals surface area contributed by atoms with E-state index in [1.807, 2.05) is 90.8 Å². The van der Waals surface area contributed by atoms with Gasteiger partial charge in [0, 0.05) is 25.8 Å². The van der Waals surface area contributed by atoms with Crippen molar-refractivity contribution in [2.24, 2.45) is 0 Å². The van der Waals surface area contributed by atoms with E-state index in [2.05, 4.69) is 63.8 Å². The monoisotopic (exact) mass is 822 g/mol. The van der Waals surface area contributed by atoms with Gasteiger partial charge in [0.05, 0.1) is 35.2 Å². The number of nitrogens with zero attached hydrogens (tertiary/aromatic N) is 5. The number of carbonyl (C=O) groups is 3. The molecule has 8 rings (SSSR count). The third-order valence-electron chi connectivity index (χ3n) is 11.4. The molecule has 3 amide bonds. The van der Waals surface area contributed by atoms with E-state index in [1.165, 1.54) is 0 Å². The summed E-state index contributed by atoms with van der Waals surface area (Å²) in [6.45, 7) is 0.867. The van der Waals surface area contributed by atoms with Gasteiger partial charge in [0.1, 0.15) is 30.3 Å². The molecule has 0 aliphatic carbocycles. The largest absolute Gasteiger partial charge is 0.445 e. The minimum Gasteiger partial charge on any atom is -0.445 e. The number of amides is 3. The number of rotatable bonds is 13. The van der Waals surface area contributed by atoms with Crippen molar-refractivity contribution < 1.29 is 19.1 Å². The molecule has 60 heavy (non-hydrogen) atoms. The van der Waals surface area contributed by atoms with Crippen LogP contribution in [0.1, 0.15) is 66.6 Å². The Kier molecular flexibility index (Phi) is 12.4. The maximum atomic E-state index is 13.9. The van der Waals surface area contributed by atoms with E-state index < -0.39 is 6.09 Å². The standard InChI is InChI=1S/C47H50N8O4S/c1-48-41(56)24-25-42-55(47(58)59-29-31-11-6-4-7-12-31)40(30-60-42)45-50-28-38(52-45)35-22-18-33(19-23-35)32-16-20-34(21-17-32)37-27-49-44(51-37)39-15-10-26-54(39)46(57)43(53(2)3)36-13-8-5-9-14-36/h4-9,11-14,16-23,27-28,39-40,42-43H,10,15,24-26,29-30H2,1-3H3,(H,48,56)(H,49,51)(H,50,52). The number of aromatic nitrogens is 4. The van der Waals surface area contributed by atoms with Crippen LogP contribution >= 0.6 is 11.8 Å². The Bertz CT molecular complexity index is 2380. The molecule has 0 spiro atoms. The van der Waals surface area contributed by atoms with Gasteiger partial charge in [-0.2, -0.15) is 0 Å². The highest BCUT2D eigenvalue weighted by Crippen LogP contribution is 2.41. The summed E-state index contributed by atoms with van der Waals surface area (Å²) in [4.78, 5) is 61.8. The number of likely N-dealkylation sites (tertiary alicyclic amines) is 1. The van der Waals surface area contributed by atoms with Gasteiger partial charge in [-0.05, 0) is 66.7 Å². The highest BCUT2D eigenvalue weighted by Gasteiger charge is 2.41. The lowest BCUT2D eigenvalue weighted by Gasteiger charge is -2.31. The van der Waals surface area contributed by atoms with Crippen molar-refractivity contribution in [2.45, 2.75) is 55.8 Å². The summed E-state index contributed by atoms with van der Waals surface area (Å²) in [6.07, 6.45) is 5.85. The van der Waals surface area contributed by atoms with Crippen LogP contribution in [0.4, 0.5) is 4.79 Å². The highest BCUT2D eigenvalue weighted by molar-refractivity contribution is 8.00. The van der Waals surface area contributed by atoms with Crippen molar-refractivity contribution in [3.8, 4) is 33.6 Å². The molecule has 2 aliphatic heterocycles. The van der Waals surface area contributed by atoms with Crippen LogP contribution in [0.15, 0.2) is 122 Å². The number of aromatic amines is 2. The smallest absolute Gasteiger partial charge is 0.411 e. The lowest BCUT2D eigenvalue weighted by Crippen LogP contribution is -2.40. The van der Waals surface area contributed by atoms with Crippen LogP contribution in [0.2, 0.25) is 0 Å². The van der Waals surface area contributed by atoms with E-state index in [4.69, 9.17) is 14.7 Å². The van der Waals surface area contributed by atoms with Gasteiger partial charge >= 0.3 is 6.09 Å². The Hall–Kier alpha value is -6.18. The average molecular weight is 823 g/mol. The molecule has 2 fully saturated rings. The molecule has 4 aromatic carbocycles. The number of carbonyl (C=O) groups excluding carboxylic acids is 3. The van der Waals surface area contributed by atoms with Gasteiger partial charge in [-0.1, -0.05) is 109 Å². The van der Waals surface area contributed by atoms with Crippen LogP contribution < -0.4 is 5.32 Å². The number of hydrogen-bond acceptors (Lipinski definition) is 8. The van der Waals surface area contributed by atoms with Gasteiger partial charge in [-0.25, -0.2) is 14.8 Å². The predicted molar refractivity (Wildman–Crippen MR) is 234 cm³/mol. The van der Waals surface area contributed by atoms with Crippen LogP contribution in [-0.2, 0) is 20.9 Å². The molecule has 0 radical (unpaired) electrons. The minimum atomic E-state index is -0.429. The van der Waals surface area contributed by atoms with Gasteiger partial charge in [0.15, 0.2) is 0 Å². The van der Waals surface area contributed by atoms with Crippen LogP contribution in [0.5, 0.6) is 0 Å². The number of nitrogens with one attached hydrogen (secondary N) is 3. The molecular weight excluding hydrogens is 773 g/mol. The van der Waals surface area contributed by atoms with Gasteiger partial charge in [0.25, 0.3) is 0 Å². The molecule has 4 atom stereocenters. The SMILES string of the molecule is CNC(=O)CCC1SCC(c2ncc(-c3ccc(-c4ccc(-c5cnc(C6CCCN6C(=O)C(c6ccccc6)N(C)C)[nH]5)cc4)cc3)[nH]2)N1C(=O)OCc1ccccc1. The summed E-state index contributed by atoms with van der Waals surface area (Å²) < 4.78 is 5.78. The van der Waals surface area contributed by atoms with Crippen LogP contribution in [0.3, 0.4) is 0 Å². The molecule has 2 aromatic heterocycles. The second-order valence-electron chi connectivity index (χ2n) is 15.4. The first-order chi connectivity index (χ1) is 29.3. The van der Waals surface area contributed by atoms with Crippen molar-refractivity contribution in [1.82, 2.24) is 40.0 Å². The molecule has 0 saturated carbocycles. The molecule has 308 valence electrons. The fourth-order valence-corrected chi connectivity index (χ4v) is 9.57.